The van der Waals surface area contributed by atoms with Crippen LogP contribution in [0, 0.1) is 0 Å². The Morgan fingerprint density at radius 2 is 2.07 bits per heavy atom. The van der Waals surface area contributed by atoms with Crippen molar-refractivity contribution in [1.29, 1.82) is 0 Å². The summed E-state index contributed by atoms with van der Waals surface area (Å²) < 4.78 is 1.13. The molecule has 0 unspecified atom stereocenters. The van der Waals surface area contributed by atoms with Crippen LogP contribution in [0.4, 0.5) is 0 Å². The number of pyridine rings is 1. The predicted octanol–water partition coefficient (Wildman–Crippen LogP) is 4.14. The van der Waals surface area contributed by atoms with Gasteiger partial charge in [-0.1, -0.05) is 34.1 Å². The molecule has 1 aromatic heterocycles. The van der Waals surface area contributed by atoms with Crippen LogP contribution in [0.5, 0.6) is 0 Å². The molecule has 0 atom stereocenters. The van der Waals surface area contributed by atoms with Crippen LogP contribution in [0.1, 0.15) is 5.56 Å². The summed E-state index contributed by atoms with van der Waals surface area (Å²) in [6, 6.07) is 14.3. The van der Waals surface area contributed by atoms with Crippen LogP contribution >= 0.6 is 27.7 Å². The van der Waals surface area contributed by atoms with E-state index in [4.69, 9.17) is 0 Å². The molecule has 3 heteroatoms. The van der Waals surface area contributed by atoms with Gasteiger partial charge in [-0.05, 0) is 29.8 Å². The quantitative estimate of drug-likeness (QED) is 0.784. The first kappa shape index (κ1) is 10.7. The highest BCUT2D eigenvalue weighted by molar-refractivity contribution is 9.10. The van der Waals surface area contributed by atoms with Crippen molar-refractivity contribution in [2.75, 3.05) is 0 Å². The number of benzene rings is 1. The lowest BCUT2D eigenvalue weighted by molar-refractivity contribution is 1.13. The van der Waals surface area contributed by atoms with E-state index in [0.717, 1.165) is 15.3 Å². The summed E-state index contributed by atoms with van der Waals surface area (Å²) in [5.74, 6) is 0.955. The Morgan fingerprint density at radius 3 is 2.80 bits per heavy atom. The molecule has 15 heavy (non-hydrogen) atoms. The van der Waals surface area contributed by atoms with Gasteiger partial charge in [0.05, 0.1) is 5.03 Å². The van der Waals surface area contributed by atoms with Gasteiger partial charge in [0.25, 0.3) is 0 Å². The van der Waals surface area contributed by atoms with Crippen molar-refractivity contribution >= 4 is 27.7 Å². The second-order valence-electron chi connectivity index (χ2n) is 3.09. The Bertz CT molecular complexity index is 431. The van der Waals surface area contributed by atoms with Gasteiger partial charge in [0.1, 0.15) is 0 Å². The zero-order chi connectivity index (χ0) is 10.5. The molecular weight excluding hydrogens is 270 g/mol. The van der Waals surface area contributed by atoms with Gasteiger partial charge in [0.2, 0.25) is 0 Å². The lowest BCUT2D eigenvalue weighted by Crippen LogP contribution is -1.82. The topological polar surface area (TPSA) is 12.9 Å². The summed E-state index contributed by atoms with van der Waals surface area (Å²) in [6.45, 7) is 0. The molecule has 1 aromatic carbocycles. The van der Waals surface area contributed by atoms with Gasteiger partial charge in [-0.25, -0.2) is 4.98 Å². The number of thioether (sulfide) groups is 1. The fourth-order valence-electron chi connectivity index (χ4n) is 1.22. The SMILES string of the molecule is Brc1cccc(CSc2ccccn2)c1. The van der Waals surface area contributed by atoms with Crippen LogP contribution in [0.2, 0.25) is 0 Å². The maximum Gasteiger partial charge on any atom is 0.0963 e. The van der Waals surface area contributed by atoms with Crippen molar-refractivity contribution in [2.45, 2.75) is 10.8 Å². The van der Waals surface area contributed by atoms with E-state index in [-0.39, 0.29) is 0 Å². The molecule has 0 bridgehead atoms. The van der Waals surface area contributed by atoms with E-state index in [0.29, 0.717) is 0 Å². The Kier molecular flexibility index (Phi) is 3.80. The zero-order valence-electron chi connectivity index (χ0n) is 8.06. The first-order chi connectivity index (χ1) is 7.34. The van der Waals surface area contributed by atoms with E-state index in [9.17, 15) is 0 Å². The Hall–Kier alpha value is -0.800. The van der Waals surface area contributed by atoms with Gasteiger partial charge in [-0.2, -0.15) is 0 Å². The third-order valence-corrected chi connectivity index (χ3v) is 3.42. The summed E-state index contributed by atoms with van der Waals surface area (Å²) >= 11 is 5.21. The van der Waals surface area contributed by atoms with Crippen molar-refractivity contribution in [3.05, 3.63) is 58.7 Å². The van der Waals surface area contributed by atoms with E-state index in [1.807, 2.05) is 30.5 Å². The molecule has 0 aliphatic heterocycles. The summed E-state index contributed by atoms with van der Waals surface area (Å²) in [5, 5.41) is 1.07. The molecule has 2 aromatic rings. The molecule has 0 fully saturated rings. The van der Waals surface area contributed by atoms with E-state index in [2.05, 4.69) is 39.1 Å². The minimum atomic E-state index is 0.955. The fourth-order valence-corrected chi connectivity index (χ4v) is 2.47. The molecule has 0 aliphatic carbocycles. The molecule has 1 heterocycles. The van der Waals surface area contributed by atoms with Gasteiger partial charge in [0.15, 0.2) is 0 Å². The van der Waals surface area contributed by atoms with E-state index in [1.165, 1.54) is 5.56 Å². The second-order valence-corrected chi connectivity index (χ2v) is 5.00. The highest BCUT2D eigenvalue weighted by Crippen LogP contribution is 2.21. The van der Waals surface area contributed by atoms with Crippen LogP contribution in [0.25, 0.3) is 0 Å². The van der Waals surface area contributed by atoms with Crippen molar-refractivity contribution in [2.24, 2.45) is 0 Å². The van der Waals surface area contributed by atoms with Crippen LogP contribution < -0.4 is 0 Å². The largest absolute Gasteiger partial charge is 0.250 e. The lowest BCUT2D eigenvalue weighted by atomic mass is 10.2. The number of rotatable bonds is 3. The second kappa shape index (κ2) is 5.33. The first-order valence-corrected chi connectivity index (χ1v) is 6.41. The van der Waals surface area contributed by atoms with Crippen LogP contribution in [-0.4, -0.2) is 4.98 Å². The van der Waals surface area contributed by atoms with Gasteiger partial charge in [0, 0.05) is 16.4 Å². The smallest absolute Gasteiger partial charge is 0.0963 e. The predicted molar refractivity (Wildman–Crippen MR) is 67.9 cm³/mol. The zero-order valence-corrected chi connectivity index (χ0v) is 10.5. The van der Waals surface area contributed by atoms with E-state index >= 15 is 0 Å². The highest BCUT2D eigenvalue weighted by Gasteiger charge is 1.97. The fraction of sp³-hybridized carbons (Fsp3) is 0.0833. The molecule has 0 N–H and O–H groups in total. The number of aromatic nitrogens is 1. The van der Waals surface area contributed by atoms with Gasteiger partial charge in [-0.3, -0.25) is 0 Å². The van der Waals surface area contributed by atoms with E-state index < -0.39 is 0 Å². The normalized spacial score (nSPS) is 10.2. The van der Waals surface area contributed by atoms with Crippen molar-refractivity contribution in [3.63, 3.8) is 0 Å². The number of nitrogens with zero attached hydrogens (tertiary/aromatic N) is 1. The number of halogens is 1. The summed E-state index contributed by atoms with van der Waals surface area (Å²) in [6.07, 6.45) is 1.82. The third-order valence-electron chi connectivity index (χ3n) is 1.91. The van der Waals surface area contributed by atoms with Gasteiger partial charge in [-0.15, -0.1) is 11.8 Å². The van der Waals surface area contributed by atoms with Gasteiger partial charge < -0.3 is 0 Å². The number of hydrogen-bond donors (Lipinski definition) is 0. The van der Waals surface area contributed by atoms with E-state index in [1.54, 1.807) is 11.8 Å². The molecule has 0 spiro atoms. The molecule has 0 aliphatic rings. The third kappa shape index (κ3) is 3.36. The summed E-state index contributed by atoms with van der Waals surface area (Å²) in [7, 11) is 0. The Labute approximate surface area is 102 Å². The van der Waals surface area contributed by atoms with Crippen LogP contribution in [-0.2, 0) is 5.75 Å². The van der Waals surface area contributed by atoms with Crippen molar-refractivity contribution in [1.82, 2.24) is 4.98 Å². The molecule has 0 saturated carbocycles. The lowest BCUT2D eigenvalue weighted by Gasteiger charge is -2.01. The van der Waals surface area contributed by atoms with Crippen molar-refractivity contribution < 1.29 is 0 Å². The summed E-state index contributed by atoms with van der Waals surface area (Å²) in [4.78, 5) is 4.27. The highest BCUT2D eigenvalue weighted by atomic mass is 79.9. The average Bonchev–Trinajstić information content (AvgIpc) is 2.28. The summed E-state index contributed by atoms with van der Waals surface area (Å²) in [5.41, 5.74) is 1.31. The van der Waals surface area contributed by atoms with Gasteiger partial charge >= 0.3 is 0 Å². The molecule has 0 radical (unpaired) electrons. The average molecular weight is 280 g/mol. The van der Waals surface area contributed by atoms with Crippen LogP contribution in [0.15, 0.2) is 58.2 Å². The standard InChI is InChI=1S/C12H10BrNS/c13-11-5-3-4-10(8-11)9-15-12-6-1-2-7-14-12/h1-8H,9H2. The molecular formula is C12H10BrNS. The monoisotopic (exact) mass is 279 g/mol. The molecule has 1 nitrogen and oxygen atoms in total. The molecule has 0 saturated heterocycles. The first-order valence-electron chi connectivity index (χ1n) is 4.63. The molecule has 0 amide bonds. The maximum atomic E-state index is 4.27. The molecule has 2 rings (SSSR count). The molecule has 76 valence electrons. The maximum absolute atomic E-state index is 4.27. The Morgan fingerprint density at radius 1 is 1.13 bits per heavy atom. The minimum Gasteiger partial charge on any atom is -0.250 e. The van der Waals surface area contributed by atoms with Crippen molar-refractivity contribution in [3.8, 4) is 0 Å². The van der Waals surface area contributed by atoms with Crippen LogP contribution in [0.3, 0.4) is 0 Å². The number of hydrogen-bond acceptors (Lipinski definition) is 2. The Balaban J connectivity index is 1.99. The minimum absolute atomic E-state index is 0.955.